The smallest absolute Gasteiger partial charge is 0.251 e. The zero-order valence-electron chi connectivity index (χ0n) is 42.0. The van der Waals surface area contributed by atoms with Gasteiger partial charge in [0.1, 0.15) is 11.9 Å². The second kappa shape index (κ2) is 20.5. The van der Waals surface area contributed by atoms with E-state index in [1.807, 2.05) is 55.5 Å². The molecule has 5 fully saturated rings. The second-order valence-corrected chi connectivity index (χ2v) is 23.2. The predicted molar refractivity (Wildman–Crippen MR) is 258 cm³/mol. The van der Waals surface area contributed by atoms with Crippen LogP contribution in [0, 0.1) is 76.9 Å². The number of hydrogen-bond donors (Lipinski definition) is 1. The molecule has 2 heterocycles. The lowest BCUT2D eigenvalue weighted by Gasteiger charge is -2.58. The third kappa shape index (κ3) is 10.2. The molecule has 9 unspecified atom stereocenters. The van der Waals surface area contributed by atoms with Crippen LogP contribution in [0.15, 0.2) is 60.2 Å². The van der Waals surface area contributed by atoms with Gasteiger partial charge in [0.15, 0.2) is 12.6 Å². The summed E-state index contributed by atoms with van der Waals surface area (Å²) in [5.41, 5.74) is 5.13. The van der Waals surface area contributed by atoms with Gasteiger partial charge in [-0.05, 0) is 146 Å². The maximum absolute atomic E-state index is 13.8. The molecule has 360 valence electrons. The Hall–Kier alpha value is -2.75. The van der Waals surface area contributed by atoms with E-state index in [1.165, 1.54) is 57.8 Å². The molecule has 2 saturated heterocycles. The average Bonchev–Trinajstić information content (AvgIpc) is 3.59. The first kappa shape index (κ1) is 48.7. The molecule has 0 aromatic heterocycles. The lowest BCUT2D eigenvalue weighted by Crippen LogP contribution is -2.59. The Kier molecular flexibility index (Phi) is 15.3. The van der Waals surface area contributed by atoms with E-state index in [0.29, 0.717) is 60.4 Å². The van der Waals surface area contributed by atoms with Gasteiger partial charge >= 0.3 is 0 Å². The molecular formula is C57H85NO7. The standard InChI is InChI=1S/C57H85NO7/c1-34(2)13-12-14-37(5)50-48(30-47-45-24-21-43-29-36(4)25-27-56(43,9)46(45)26-28-57(47,50)10)64-54-40(8)52(49(33-63-54)61-32-41-17-22-44(60-11)23-18-41)65-55-51(39(7)38(6)31-62-55)58-53(59)42-19-15-35(3)16-20-42/h15-23,34,36-40,45-52,54-55H,12-14,24-33H2,1-11H3,(H,58,59)/t36-,37+,38?,39?,40?,45+,46-,47?,48-,49?,50-,51?,52?,54?,55?,56-,57-/m0/s1. The Morgan fingerprint density at radius 3 is 2.31 bits per heavy atom. The third-order valence-electron chi connectivity index (χ3n) is 18.3. The Morgan fingerprint density at radius 1 is 0.846 bits per heavy atom. The summed E-state index contributed by atoms with van der Waals surface area (Å²) in [6.07, 6.45) is 13.6. The third-order valence-corrected chi connectivity index (χ3v) is 18.3. The molecule has 0 spiro atoms. The number of carbonyl (C=O) groups excluding carboxylic acids is 1. The van der Waals surface area contributed by atoms with E-state index in [9.17, 15) is 4.79 Å². The van der Waals surface area contributed by atoms with Crippen LogP contribution >= 0.6 is 0 Å². The zero-order valence-corrected chi connectivity index (χ0v) is 42.0. The van der Waals surface area contributed by atoms with Gasteiger partial charge in [-0.2, -0.15) is 0 Å². The fraction of sp³-hybridized carbons (Fsp3) is 0.737. The summed E-state index contributed by atoms with van der Waals surface area (Å²) in [6.45, 7) is 24.9. The van der Waals surface area contributed by atoms with Crippen LogP contribution in [-0.4, -0.2) is 63.2 Å². The Bertz CT molecular complexity index is 1910. The van der Waals surface area contributed by atoms with Gasteiger partial charge in [0, 0.05) is 11.5 Å². The number of fused-ring (bicyclic) bond motifs is 5. The van der Waals surface area contributed by atoms with Crippen LogP contribution < -0.4 is 10.1 Å². The lowest BCUT2D eigenvalue weighted by molar-refractivity contribution is -0.315. The highest BCUT2D eigenvalue weighted by molar-refractivity contribution is 5.94. The highest BCUT2D eigenvalue weighted by Gasteiger charge is 2.63. The van der Waals surface area contributed by atoms with Crippen molar-refractivity contribution >= 4 is 5.91 Å². The number of carbonyl (C=O) groups is 1. The minimum Gasteiger partial charge on any atom is -0.497 e. The molecule has 8 rings (SSSR count). The van der Waals surface area contributed by atoms with E-state index in [2.05, 4.69) is 73.7 Å². The van der Waals surface area contributed by atoms with Crippen molar-refractivity contribution < 1.29 is 33.2 Å². The minimum atomic E-state index is -0.666. The number of benzene rings is 2. The number of hydrogen-bond acceptors (Lipinski definition) is 7. The Balaban J connectivity index is 1.06. The number of nitrogens with one attached hydrogen (secondary N) is 1. The molecular weight excluding hydrogens is 811 g/mol. The molecule has 0 bridgehead atoms. The summed E-state index contributed by atoms with van der Waals surface area (Å²) < 4.78 is 40.4. The number of amides is 1. The van der Waals surface area contributed by atoms with E-state index in [0.717, 1.165) is 35.1 Å². The molecule has 2 aliphatic heterocycles. The Morgan fingerprint density at radius 2 is 1.58 bits per heavy atom. The molecule has 65 heavy (non-hydrogen) atoms. The Labute approximate surface area is 393 Å². The van der Waals surface area contributed by atoms with Crippen LogP contribution in [0.3, 0.4) is 0 Å². The second-order valence-electron chi connectivity index (χ2n) is 23.2. The molecule has 1 N–H and O–H groups in total. The average molecular weight is 896 g/mol. The molecule has 4 aliphatic carbocycles. The van der Waals surface area contributed by atoms with Crippen molar-refractivity contribution in [3.63, 3.8) is 0 Å². The van der Waals surface area contributed by atoms with E-state index >= 15 is 0 Å². The summed E-state index contributed by atoms with van der Waals surface area (Å²) in [5.74, 6) is 5.49. The van der Waals surface area contributed by atoms with Gasteiger partial charge in [-0.15, -0.1) is 0 Å². The van der Waals surface area contributed by atoms with Crippen molar-refractivity contribution in [2.75, 3.05) is 20.3 Å². The topological polar surface area (TPSA) is 84.5 Å². The molecule has 8 heteroatoms. The highest BCUT2D eigenvalue weighted by Crippen LogP contribution is 2.68. The van der Waals surface area contributed by atoms with Gasteiger partial charge in [-0.25, -0.2) is 0 Å². The molecule has 17 atom stereocenters. The minimum absolute atomic E-state index is 0.0978. The van der Waals surface area contributed by atoms with Gasteiger partial charge in [0.2, 0.25) is 0 Å². The van der Waals surface area contributed by atoms with E-state index in [4.69, 9.17) is 28.4 Å². The van der Waals surface area contributed by atoms with Crippen LogP contribution in [0.25, 0.3) is 0 Å². The van der Waals surface area contributed by atoms with Crippen molar-refractivity contribution in [1.82, 2.24) is 5.32 Å². The van der Waals surface area contributed by atoms with Crippen molar-refractivity contribution in [2.24, 2.45) is 70.0 Å². The van der Waals surface area contributed by atoms with Gasteiger partial charge in [-0.3, -0.25) is 4.79 Å². The number of ether oxygens (including phenoxy) is 6. The van der Waals surface area contributed by atoms with Crippen molar-refractivity contribution in [3.05, 3.63) is 76.9 Å². The number of aryl methyl sites for hydroxylation is 1. The quantitative estimate of drug-likeness (QED) is 0.178. The zero-order chi connectivity index (χ0) is 46.2. The van der Waals surface area contributed by atoms with Crippen LogP contribution in [0.4, 0.5) is 0 Å². The van der Waals surface area contributed by atoms with E-state index in [-0.39, 0.29) is 47.3 Å². The van der Waals surface area contributed by atoms with E-state index in [1.54, 1.807) is 12.7 Å². The maximum atomic E-state index is 13.8. The monoisotopic (exact) mass is 896 g/mol. The van der Waals surface area contributed by atoms with E-state index < -0.39 is 18.7 Å². The normalized spacial score (nSPS) is 39.7. The van der Waals surface area contributed by atoms with Crippen LogP contribution in [-0.2, 0) is 30.3 Å². The first-order valence-corrected chi connectivity index (χ1v) is 25.9. The van der Waals surface area contributed by atoms with Gasteiger partial charge in [0.05, 0.1) is 45.2 Å². The fourth-order valence-corrected chi connectivity index (χ4v) is 14.1. The molecule has 2 aromatic carbocycles. The van der Waals surface area contributed by atoms with Crippen LogP contribution in [0.1, 0.15) is 148 Å². The summed E-state index contributed by atoms with van der Waals surface area (Å²) in [4.78, 5) is 13.8. The maximum Gasteiger partial charge on any atom is 0.251 e. The molecule has 1 amide bonds. The predicted octanol–water partition coefficient (Wildman–Crippen LogP) is 12.4. The summed E-state index contributed by atoms with van der Waals surface area (Å²) in [7, 11) is 1.68. The number of methoxy groups -OCH3 is 1. The first-order chi connectivity index (χ1) is 31.1. The number of rotatable bonds is 15. The van der Waals surface area contributed by atoms with Crippen molar-refractivity contribution in [3.8, 4) is 5.75 Å². The van der Waals surface area contributed by atoms with Gasteiger partial charge in [0.25, 0.3) is 5.91 Å². The van der Waals surface area contributed by atoms with Gasteiger partial charge < -0.3 is 33.7 Å². The first-order valence-electron chi connectivity index (χ1n) is 25.9. The summed E-state index contributed by atoms with van der Waals surface area (Å²) >= 11 is 0. The van der Waals surface area contributed by atoms with Crippen LogP contribution in [0.5, 0.6) is 5.75 Å². The van der Waals surface area contributed by atoms with Crippen molar-refractivity contribution in [2.45, 2.75) is 177 Å². The van der Waals surface area contributed by atoms with Gasteiger partial charge in [-0.1, -0.05) is 123 Å². The highest BCUT2D eigenvalue weighted by atomic mass is 16.7. The summed E-state index contributed by atoms with van der Waals surface area (Å²) in [6, 6.07) is 15.4. The summed E-state index contributed by atoms with van der Waals surface area (Å²) in [5, 5.41) is 3.35. The molecule has 3 saturated carbocycles. The van der Waals surface area contributed by atoms with Crippen LogP contribution in [0.2, 0.25) is 0 Å². The molecule has 6 aliphatic rings. The molecule has 2 aromatic rings. The fourth-order valence-electron chi connectivity index (χ4n) is 14.1. The lowest BCUT2D eigenvalue weighted by atomic mass is 9.46. The molecule has 0 radical (unpaired) electrons. The largest absolute Gasteiger partial charge is 0.497 e. The van der Waals surface area contributed by atoms with Crippen molar-refractivity contribution in [1.29, 1.82) is 0 Å². The molecule has 8 nitrogen and oxygen atoms in total. The SMILES string of the molecule is COc1ccc(COC2COC(O[C@H]3CC4[C@@H]5CC=C6C[C@@H](C)CC[C@]6(C)[C@H]5CC[C@]4(C)[C@H]3[C@H](C)CCCC(C)C)C(C)C2OC2OCC(C)C(C)C2NC(=O)c2ccc(C)cc2)cc1. The number of allylic oxidation sites excluding steroid dienone is 2.